The molecule has 0 heterocycles. The average Bonchev–Trinajstić information content (AvgIpc) is 3.09. The smallest absolute Gasteiger partial charge is 0.304 e. The molecule has 0 aromatic rings. The summed E-state index contributed by atoms with van der Waals surface area (Å²) in [6.07, 6.45) is 1.77. The molecular weight excluding hydrogens is 274 g/mol. The van der Waals surface area contributed by atoms with Crippen molar-refractivity contribution in [1.82, 2.24) is 14.3 Å². The number of carbonyl (C=O) groups is 2. The van der Waals surface area contributed by atoms with Gasteiger partial charge in [-0.3, -0.25) is 9.59 Å². The Hall–Kier alpha value is -1.19. The van der Waals surface area contributed by atoms with Crippen LogP contribution in [0, 0.1) is 0 Å². The van der Waals surface area contributed by atoms with E-state index in [1.54, 1.807) is 0 Å². The molecule has 8 nitrogen and oxygen atoms in total. The van der Waals surface area contributed by atoms with E-state index < -0.39 is 16.2 Å². The van der Waals surface area contributed by atoms with E-state index in [1.807, 2.05) is 0 Å². The van der Waals surface area contributed by atoms with E-state index in [4.69, 9.17) is 5.11 Å². The number of carboxylic acid groups (broad SMARTS) is 1. The van der Waals surface area contributed by atoms with Gasteiger partial charge in [0.05, 0.1) is 6.42 Å². The summed E-state index contributed by atoms with van der Waals surface area (Å²) in [5.41, 5.74) is 0. The topological polar surface area (TPSA) is 116 Å². The number of aliphatic carboxylic acids is 1. The van der Waals surface area contributed by atoms with E-state index in [-0.39, 0.29) is 37.9 Å². The van der Waals surface area contributed by atoms with Gasteiger partial charge >= 0.3 is 5.97 Å². The summed E-state index contributed by atoms with van der Waals surface area (Å²) in [5, 5.41) is 11.2. The van der Waals surface area contributed by atoms with Crippen LogP contribution in [-0.4, -0.2) is 55.9 Å². The summed E-state index contributed by atoms with van der Waals surface area (Å²) in [5.74, 6) is -1.25. The summed E-state index contributed by atoms with van der Waals surface area (Å²) >= 11 is 0. The van der Waals surface area contributed by atoms with Gasteiger partial charge in [0.25, 0.3) is 10.2 Å². The van der Waals surface area contributed by atoms with Crippen LogP contribution < -0.4 is 10.0 Å². The SMILES string of the molecule is CN(CCC(=O)O)S(=O)(=O)NCCC(=O)NC1CC1. The minimum absolute atomic E-state index is 0.00169. The van der Waals surface area contributed by atoms with Crippen molar-refractivity contribution in [3.8, 4) is 0 Å². The Kier molecular flexibility index (Phi) is 5.70. The Bertz CT molecular complexity index is 432. The number of nitrogens with one attached hydrogen (secondary N) is 2. The summed E-state index contributed by atoms with van der Waals surface area (Å²) in [6, 6.07) is 0.252. The predicted octanol–water partition coefficient (Wildman–Crippen LogP) is -1.10. The summed E-state index contributed by atoms with van der Waals surface area (Å²) < 4.78 is 26.5. The van der Waals surface area contributed by atoms with Gasteiger partial charge in [-0.05, 0) is 12.8 Å². The summed E-state index contributed by atoms with van der Waals surface area (Å²) in [4.78, 5) is 21.7. The third kappa shape index (κ3) is 6.50. The number of carbonyl (C=O) groups excluding carboxylic acids is 1. The molecule has 1 fully saturated rings. The number of carboxylic acids is 1. The van der Waals surface area contributed by atoms with Crippen LogP contribution in [0.25, 0.3) is 0 Å². The molecule has 110 valence electrons. The fraction of sp³-hybridized carbons (Fsp3) is 0.800. The molecule has 0 spiro atoms. The normalized spacial score (nSPS) is 15.5. The van der Waals surface area contributed by atoms with Crippen molar-refractivity contribution in [3.63, 3.8) is 0 Å². The zero-order valence-electron chi connectivity index (χ0n) is 10.8. The van der Waals surface area contributed by atoms with Crippen LogP contribution in [-0.2, 0) is 19.8 Å². The van der Waals surface area contributed by atoms with Crippen LogP contribution in [0.3, 0.4) is 0 Å². The molecule has 0 radical (unpaired) electrons. The van der Waals surface area contributed by atoms with Gasteiger partial charge in [0.1, 0.15) is 0 Å². The standard InChI is InChI=1S/C10H19N3O5S/c1-13(7-5-10(15)16)19(17,18)11-6-4-9(14)12-8-2-3-8/h8,11H,2-7H2,1H3,(H,12,14)(H,15,16). The van der Waals surface area contributed by atoms with Gasteiger partial charge in [0, 0.05) is 32.6 Å². The highest BCUT2D eigenvalue weighted by Crippen LogP contribution is 2.18. The molecule has 0 atom stereocenters. The molecule has 0 bridgehead atoms. The van der Waals surface area contributed by atoms with Crippen LogP contribution in [0.1, 0.15) is 25.7 Å². The van der Waals surface area contributed by atoms with Crippen molar-refractivity contribution in [2.24, 2.45) is 0 Å². The quantitative estimate of drug-likeness (QED) is 0.499. The first-order chi connectivity index (χ1) is 8.81. The van der Waals surface area contributed by atoms with E-state index in [0.717, 1.165) is 17.1 Å². The van der Waals surface area contributed by atoms with Crippen LogP contribution >= 0.6 is 0 Å². The molecule has 1 aliphatic carbocycles. The van der Waals surface area contributed by atoms with E-state index in [2.05, 4.69) is 10.0 Å². The van der Waals surface area contributed by atoms with Gasteiger partial charge in [0.15, 0.2) is 0 Å². The maximum atomic E-state index is 11.6. The van der Waals surface area contributed by atoms with E-state index in [0.29, 0.717) is 0 Å². The first-order valence-electron chi connectivity index (χ1n) is 6.03. The molecule has 9 heteroatoms. The molecule has 1 saturated carbocycles. The molecule has 1 amide bonds. The lowest BCUT2D eigenvalue weighted by Gasteiger charge is -2.16. The lowest BCUT2D eigenvalue weighted by Crippen LogP contribution is -2.40. The molecule has 0 unspecified atom stereocenters. The van der Waals surface area contributed by atoms with Crippen LogP contribution in [0.2, 0.25) is 0 Å². The third-order valence-electron chi connectivity index (χ3n) is 2.63. The van der Waals surface area contributed by atoms with Crippen molar-refractivity contribution in [2.75, 3.05) is 20.1 Å². The number of hydrogen-bond donors (Lipinski definition) is 3. The fourth-order valence-corrected chi connectivity index (χ4v) is 2.22. The van der Waals surface area contributed by atoms with Crippen molar-refractivity contribution >= 4 is 22.1 Å². The monoisotopic (exact) mass is 293 g/mol. The summed E-state index contributed by atoms with van der Waals surface area (Å²) in [7, 11) is -2.44. The minimum atomic E-state index is -3.72. The third-order valence-corrected chi connectivity index (χ3v) is 4.20. The predicted molar refractivity (Wildman–Crippen MR) is 67.6 cm³/mol. The van der Waals surface area contributed by atoms with Gasteiger partial charge in [-0.25, -0.2) is 4.72 Å². The molecule has 0 aromatic heterocycles. The zero-order valence-corrected chi connectivity index (χ0v) is 11.6. The van der Waals surface area contributed by atoms with Gasteiger partial charge in [0.2, 0.25) is 5.91 Å². The molecule has 0 saturated heterocycles. The second-order valence-electron chi connectivity index (χ2n) is 4.46. The zero-order chi connectivity index (χ0) is 14.5. The number of nitrogens with zero attached hydrogens (tertiary/aromatic N) is 1. The van der Waals surface area contributed by atoms with E-state index >= 15 is 0 Å². The van der Waals surface area contributed by atoms with Gasteiger partial charge in [-0.15, -0.1) is 0 Å². The van der Waals surface area contributed by atoms with Crippen LogP contribution in [0.15, 0.2) is 0 Å². The lowest BCUT2D eigenvalue weighted by molar-refractivity contribution is -0.137. The molecule has 1 rings (SSSR count). The molecule has 1 aliphatic rings. The number of rotatable bonds is 9. The largest absolute Gasteiger partial charge is 0.481 e. The molecule has 0 aromatic carbocycles. The van der Waals surface area contributed by atoms with Crippen LogP contribution in [0.4, 0.5) is 0 Å². The summed E-state index contributed by atoms with van der Waals surface area (Å²) in [6.45, 7) is -0.114. The maximum Gasteiger partial charge on any atom is 0.304 e. The Labute approximate surface area is 112 Å². The molecule has 0 aliphatic heterocycles. The molecular formula is C10H19N3O5S. The van der Waals surface area contributed by atoms with Gasteiger partial charge in [-0.1, -0.05) is 0 Å². The highest BCUT2D eigenvalue weighted by atomic mass is 32.2. The van der Waals surface area contributed by atoms with Gasteiger partial charge in [-0.2, -0.15) is 12.7 Å². The lowest BCUT2D eigenvalue weighted by atomic mass is 10.4. The number of amides is 1. The minimum Gasteiger partial charge on any atom is -0.481 e. The Morgan fingerprint density at radius 2 is 1.95 bits per heavy atom. The van der Waals surface area contributed by atoms with Gasteiger partial charge < -0.3 is 10.4 Å². The maximum absolute atomic E-state index is 11.6. The van der Waals surface area contributed by atoms with Crippen molar-refractivity contribution < 1.29 is 23.1 Å². The molecule has 19 heavy (non-hydrogen) atoms. The van der Waals surface area contributed by atoms with Crippen LogP contribution in [0.5, 0.6) is 0 Å². The van der Waals surface area contributed by atoms with Crippen molar-refractivity contribution in [1.29, 1.82) is 0 Å². The Balaban J connectivity index is 2.24. The van der Waals surface area contributed by atoms with E-state index in [9.17, 15) is 18.0 Å². The average molecular weight is 293 g/mol. The Morgan fingerprint density at radius 1 is 1.32 bits per heavy atom. The van der Waals surface area contributed by atoms with Crippen molar-refractivity contribution in [3.05, 3.63) is 0 Å². The highest BCUT2D eigenvalue weighted by molar-refractivity contribution is 7.87. The first kappa shape index (κ1) is 15.9. The highest BCUT2D eigenvalue weighted by Gasteiger charge is 2.23. The second-order valence-corrected chi connectivity index (χ2v) is 6.32. The first-order valence-corrected chi connectivity index (χ1v) is 7.47. The number of hydrogen-bond acceptors (Lipinski definition) is 4. The molecule has 3 N–H and O–H groups in total. The van der Waals surface area contributed by atoms with Crippen molar-refractivity contribution in [2.45, 2.75) is 31.7 Å². The Morgan fingerprint density at radius 3 is 2.47 bits per heavy atom. The van der Waals surface area contributed by atoms with E-state index in [1.165, 1.54) is 7.05 Å². The second kappa shape index (κ2) is 6.83. The fourth-order valence-electron chi connectivity index (χ4n) is 1.30.